The van der Waals surface area contributed by atoms with Crippen molar-refractivity contribution in [1.29, 1.82) is 0 Å². The molecule has 1 aliphatic heterocycles. The molecule has 1 aliphatic rings. The molecule has 0 aliphatic carbocycles. The number of amides is 1. The highest BCUT2D eigenvalue weighted by Gasteiger charge is 2.33. The van der Waals surface area contributed by atoms with Crippen LogP contribution < -0.4 is 0 Å². The van der Waals surface area contributed by atoms with Gasteiger partial charge in [0.05, 0.1) is 4.92 Å². The Kier molecular flexibility index (Phi) is 4.28. The molecule has 1 fully saturated rings. The van der Waals surface area contributed by atoms with Crippen molar-refractivity contribution in [2.75, 3.05) is 0 Å². The van der Waals surface area contributed by atoms with Gasteiger partial charge in [-0.15, -0.1) is 0 Å². The summed E-state index contributed by atoms with van der Waals surface area (Å²) >= 11 is 5.78. The molecule has 0 radical (unpaired) electrons. The van der Waals surface area contributed by atoms with Gasteiger partial charge in [0.2, 0.25) is 0 Å². The second-order valence-corrected chi connectivity index (χ2v) is 5.70. The average Bonchev–Trinajstić information content (AvgIpc) is 2.38. The van der Waals surface area contributed by atoms with E-state index in [2.05, 4.69) is 0 Å². The van der Waals surface area contributed by atoms with Crippen molar-refractivity contribution >= 4 is 23.2 Å². The predicted molar refractivity (Wildman–Crippen MR) is 77.1 cm³/mol. The number of nitro groups is 1. The van der Waals surface area contributed by atoms with Crippen molar-refractivity contribution in [3.63, 3.8) is 0 Å². The first-order valence-corrected chi connectivity index (χ1v) is 7.06. The lowest BCUT2D eigenvalue weighted by molar-refractivity contribution is -0.385. The van der Waals surface area contributed by atoms with Crippen molar-refractivity contribution in [3.8, 4) is 0 Å². The van der Waals surface area contributed by atoms with E-state index in [0.717, 1.165) is 19.3 Å². The van der Waals surface area contributed by atoms with Crippen LogP contribution in [-0.2, 0) is 0 Å². The van der Waals surface area contributed by atoms with Crippen molar-refractivity contribution in [1.82, 2.24) is 4.90 Å². The topological polar surface area (TPSA) is 63.5 Å². The zero-order chi connectivity index (χ0) is 14.9. The number of nitro benzene ring substituents is 1. The van der Waals surface area contributed by atoms with Crippen molar-refractivity contribution in [2.45, 2.75) is 45.2 Å². The molecule has 2 unspecified atom stereocenters. The fourth-order valence-corrected chi connectivity index (χ4v) is 2.96. The van der Waals surface area contributed by atoms with Crippen LogP contribution in [0.1, 0.15) is 43.5 Å². The van der Waals surface area contributed by atoms with Crippen molar-refractivity contribution in [3.05, 3.63) is 38.9 Å². The van der Waals surface area contributed by atoms with E-state index in [1.165, 1.54) is 18.2 Å². The van der Waals surface area contributed by atoms with Gasteiger partial charge in [0.1, 0.15) is 5.56 Å². The van der Waals surface area contributed by atoms with Gasteiger partial charge in [0, 0.05) is 23.2 Å². The summed E-state index contributed by atoms with van der Waals surface area (Å²) in [4.78, 5) is 24.9. The number of rotatable bonds is 2. The number of halogens is 1. The minimum absolute atomic E-state index is 0.0986. The second-order valence-electron chi connectivity index (χ2n) is 5.26. The second kappa shape index (κ2) is 5.79. The third kappa shape index (κ3) is 2.77. The van der Waals surface area contributed by atoms with Crippen LogP contribution in [0.5, 0.6) is 0 Å². The molecule has 0 bridgehead atoms. The first kappa shape index (κ1) is 14.8. The summed E-state index contributed by atoms with van der Waals surface area (Å²) in [5.41, 5.74) is -0.118. The molecule has 1 amide bonds. The van der Waals surface area contributed by atoms with E-state index in [9.17, 15) is 14.9 Å². The summed E-state index contributed by atoms with van der Waals surface area (Å²) in [6, 6.07) is 4.38. The molecule has 1 saturated heterocycles. The highest BCUT2D eigenvalue weighted by atomic mass is 35.5. The molecule has 0 N–H and O–H groups in total. The number of hydrogen-bond donors (Lipinski definition) is 0. The van der Waals surface area contributed by atoms with Gasteiger partial charge in [0.25, 0.3) is 11.6 Å². The van der Waals surface area contributed by atoms with E-state index in [1.54, 1.807) is 4.90 Å². The van der Waals surface area contributed by atoms with Crippen LogP contribution in [0.3, 0.4) is 0 Å². The fourth-order valence-electron chi connectivity index (χ4n) is 2.80. The summed E-state index contributed by atoms with van der Waals surface area (Å²) < 4.78 is 0. The van der Waals surface area contributed by atoms with E-state index in [4.69, 9.17) is 11.6 Å². The molecule has 1 aromatic carbocycles. The molecule has 5 nitrogen and oxygen atoms in total. The highest BCUT2D eigenvalue weighted by molar-refractivity contribution is 6.31. The van der Waals surface area contributed by atoms with E-state index in [-0.39, 0.29) is 34.3 Å². The summed E-state index contributed by atoms with van der Waals surface area (Å²) in [7, 11) is 0. The van der Waals surface area contributed by atoms with Gasteiger partial charge in [-0.3, -0.25) is 14.9 Å². The molecule has 2 rings (SSSR count). The molecule has 108 valence electrons. The molecule has 6 heteroatoms. The van der Waals surface area contributed by atoms with Crippen LogP contribution in [0.15, 0.2) is 18.2 Å². The lowest BCUT2D eigenvalue weighted by Gasteiger charge is -2.39. The number of benzene rings is 1. The maximum Gasteiger partial charge on any atom is 0.283 e. The molecule has 1 aromatic rings. The van der Waals surface area contributed by atoms with E-state index < -0.39 is 4.92 Å². The average molecular weight is 297 g/mol. The van der Waals surface area contributed by atoms with Crippen LogP contribution in [0.4, 0.5) is 5.69 Å². The number of carbonyl (C=O) groups excluding carboxylic acids is 1. The summed E-state index contributed by atoms with van der Waals surface area (Å²) in [6.45, 7) is 3.96. The Morgan fingerprint density at radius 1 is 1.35 bits per heavy atom. The Morgan fingerprint density at radius 3 is 2.50 bits per heavy atom. The van der Waals surface area contributed by atoms with Gasteiger partial charge < -0.3 is 4.90 Å². The number of piperidine rings is 1. The highest BCUT2D eigenvalue weighted by Crippen LogP contribution is 2.29. The van der Waals surface area contributed by atoms with Crippen LogP contribution in [0.2, 0.25) is 5.02 Å². The zero-order valence-electron chi connectivity index (χ0n) is 11.5. The zero-order valence-corrected chi connectivity index (χ0v) is 12.3. The fraction of sp³-hybridized carbons (Fsp3) is 0.500. The third-order valence-electron chi connectivity index (χ3n) is 3.81. The van der Waals surface area contributed by atoms with Gasteiger partial charge >= 0.3 is 0 Å². The molecule has 20 heavy (non-hydrogen) atoms. The van der Waals surface area contributed by atoms with E-state index >= 15 is 0 Å². The van der Waals surface area contributed by atoms with Gasteiger partial charge in [-0.1, -0.05) is 11.6 Å². The Balaban J connectivity index is 2.40. The van der Waals surface area contributed by atoms with Crippen LogP contribution in [0, 0.1) is 10.1 Å². The third-order valence-corrected chi connectivity index (χ3v) is 4.05. The minimum atomic E-state index is -0.557. The monoisotopic (exact) mass is 296 g/mol. The largest absolute Gasteiger partial charge is 0.333 e. The first-order valence-electron chi connectivity index (χ1n) is 6.68. The first-order chi connectivity index (χ1) is 9.41. The number of nitrogens with zero attached hydrogens (tertiary/aromatic N) is 2. The Labute approximate surface area is 122 Å². The van der Waals surface area contributed by atoms with Crippen LogP contribution in [-0.4, -0.2) is 27.8 Å². The Hall–Kier alpha value is -1.62. The summed E-state index contributed by atoms with van der Waals surface area (Å²) in [5, 5.41) is 11.4. The molecule has 0 saturated carbocycles. The summed E-state index contributed by atoms with van der Waals surface area (Å²) in [5.74, 6) is -0.284. The van der Waals surface area contributed by atoms with E-state index in [0.29, 0.717) is 0 Å². The molecule has 1 heterocycles. The lowest BCUT2D eigenvalue weighted by atomic mass is 9.96. The quantitative estimate of drug-likeness (QED) is 0.618. The number of carbonyl (C=O) groups is 1. The van der Waals surface area contributed by atoms with Crippen LogP contribution >= 0.6 is 11.6 Å². The van der Waals surface area contributed by atoms with Crippen molar-refractivity contribution < 1.29 is 9.72 Å². The number of likely N-dealkylation sites (tertiary alicyclic amines) is 1. The lowest BCUT2D eigenvalue weighted by Crippen LogP contribution is -2.47. The van der Waals surface area contributed by atoms with E-state index in [1.807, 2.05) is 13.8 Å². The smallest absolute Gasteiger partial charge is 0.283 e. The number of hydrogen-bond acceptors (Lipinski definition) is 3. The predicted octanol–water partition coefficient (Wildman–Crippen LogP) is 3.65. The summed E-state index contributed by atoms with van der Waals surface area (Å²) in [6.07, 6.45) is 2.93. The molecular weight excluding hydrogens is 280 g/mol. The van der Waals surface area contributed by atoms with Gasteiger partial charge in [-0.05, 0) is 45.2 Å². The van der Waals surface area contributed by atoms with Crippen LogP contribution in [0.25, 0.3) is 0 Å². The molecular formula is C14H17ClN2O3. The van der Waals surface area contributed by atoms with Gasteiger partial charge in [0.15, 0.2) is 0 Å². The van der Waals surface area contributed by atoms with Gasteiger partial charge in [-0.2, -0.15) is 0 Å². The molecule has 0 aromatic heterocycles. The maximum absolute atomic E-state index is 12.6. The molecule has 0 spiro atoms. The Morgan fingerprint density at radius 2 is 1.95 bits per heavy atom. The SMILES string of the molecule is CC1CCCC(C)N1C(=O)c1ccc(Cl)cc1[N+](=O)[O-]. The molecule has 2 atom stereocenters. The standard InChI is InChI=1S/C14H17ClN2O3/c1-9-4-3-5-10(2)16(9)14(18)12-7-6-11(15)8-13(12)17(19)20/h6-10H,3-5H2,1-2H3. The van der Waals surface area contributed by atoms with Crippen molar-refractivity contribution in [2.24, 2.45) is 0 Å². The minimum Gasteiger partial charge on any atom is -0.333 e. The Bertz CT molecular complexity index is 537. The van der Waals surface area contributed by atoms with Gasteiger partial charge in [-0.25, -0.2) is 0 Å². The maximum atomic E-state index is 12.6. The normalized spacial score (nSPS) is 22.6.